The van der Waals surface area contributed by atoms with Crippen LogP contribution >= 0.6 is 12.2 Å². The maximum atomic E-state index is 12.2. The summed E-state index contributed by atoms with van der Waals surface area (Å²) in [6.07, 6.45) is 1.57. The first-order valence-corrected chi connectivity index (χ1v) is 5.79. The van der Waals surface area contributed by atoms with E-state index >= 15 is 0 Å². The molecular formula is C11H22N2OS. The van der Waals surface area contributed by atoms with E-state index in [0.29, 0.717) is 6.42 Å². The van der Waals surface area contributed by atoms with Gasteiger partial charge in [-0.3, -0.25) is 4.79 Å². The minimum absolute atomic E-state index is 0.0202. The Hall–Kier alpha value is -0.640. The Balaban J connectivity index is 4.89. The molecule has 2 atom stereocenters. The fourth-order valence-electron chi connectivity index (χ4n) is 1.29. The topological polar surface area (TPSA) is 46.3 Å². The zero-order valence-electron chi connectivity index (χ0n) is 10.3. The van der Waals surface area contributed by atoms with Crippen molar-refractivity contribution in [2.75, 3.05) is 7.05 Å². The van der Waals surface area contributed by atoms with E-state index in [-0.39, 0.29) is 16.9 Å². The molecule has 0 radical (unpaired) electrons. The molecule has 0 aliphatic rings. The minimum atomic E-state index is -0.701. The Morgan fingerprint density at radius 1 is 1.53 bits per heavy atom. The molecule has 0 spiro atoms. The average molecular weight is 230 g/mol. The van der Waals surface area contributed by atoms with Crippen molar-refractivity contribution < 1.29 is 4.79 Å². The van der Waals surface area contributed by atoms with Gasteiger partial charge in [0.15, 0.2) is 0 Å². The van der Waals surface area contributed by atoms with Gasteiger partial charge in [-0.1, -0.05) is 26.1 Å². The summed E-state index contributed by atoms with van der Waals surface area (Å²) in [5, 5.41) is 0. The van der Waals surface area contributed by atoms with Crippen molar-refractivity contribution >= 4 is 23.1 Å². The molecule has 0 bridgehead atoms. The SMILES string of the molecule is CCC(C)N(C)C(=O)C(C)(CC)C(N)=S. The molecule has 2 unspecified atom stereocenters. The van der Waals surface area contributed by atoms with Crippen LogP contribution in [-0.4, -0.2) is 28.9 Å². The van der Waals surface area contributed by atoms with Gasteiger partial charge in [-0.25, -0.2) is 0 Å². The van der Waals surface area contributed by atoms with Crippen LogP contribution in [0.3, 0.4) is 0 Å². The van der Waals surface area contributed by atoms with Crippen LogP contribution in [0.5, 0.6) is 0 Å². The van der Waals surface area contributed by atoms with Gasteiger partial charge in [0.25, 0.3) is 0 Å². The average Bonchev–Trinajstić information content (AvgIpc) is 2.24. The molecule has 0 aromatic carbocycles. The second-order valence-corrected chi connectivity index (χ2v) is 4.66. The third-order valence-corrected chi connectivity index (χ3v) is 3.75. The van der Waals surface area contributed by atoms with Gasteiger partial charge in [0.05, 0.1) is 10.4 Å². The van der Waals surface area contributed by atoms with Crippen LogP contribution in [0.1, 0.15) is 40.5 Å². The molecule has 15 heavy (non-hydrogen) atoms. The molecule has 0 fully saturated rings. The maximum Gasteiger partial charge on any atom is 0.235 e. The quantitative estimate of drug-likeness (QED) is 0.734. The first kappa shape index (κ1) is 14.4. The molecule has 0 saturated carbocycles. The first-order valence-electron chi connectivity index (χ1n) is 5.38. The predicted octanol–water partition coefficient (Wildman–Crippen LogP) is 1.95. The third-order valence-electron chi connectivity index (χ3n) is 3.30. The molecule has 0 rings (SSSR count). The standard InChI is InChI=1S/C11H22N2OS/c1-6-8(3)13(5)10(14)11(4,7-2)9(12)15/h8H,6-7H2,1-5H3,(H2,12,15). The molecule has 0 aromatic rings. The van der Waals surface area contributed by atoms with Gasteiger partial charge in [0.1, 0.15) is 0 Å². The zero-order chi connectivity index (χ0) is 12.2. The highest BCUT2D eigenvalue weighted by molar-refractivity contribution is 7.80. The van der Waals surface area contributed by atoms with E-state index in [2.05, 4.69) is 6.92 Å². The minimum Gasteiger partial charge on any atom is -0.392 e. The molecule has 4 heteroatoms. The van der Waals surface area contributed by atoms with Gasteiger partial charge in [-0.2, -0.15) is 0 Å². The summed E-state index contributed by atoms with van der Waals surface area (Å²) in [5.74, 6) is 0.0202. The van der Waals surface area contributed by atoms with E-state index in [4.69, 9.17) is 18.0 Å². The van der Waals surface area contributed by atoms with Crippen LogP contribution in [0, 0.1) is 5.41 Å². The summed E-state index contributed by atoms with van der Waals surface area (Å²) in [4.78, 5) is 14.2. The number of amides is 1. The van der Waals surface area contributed by atoms with Crippen molar-refractivity contribution in [1.82, 2.24) is 4.90 Å². The molecule has 0 saturated heterocycles. The number of hydrogen-bond acceptors (Lipinski definition) is 2. The number of carbonyl (C=O) groups excluding carboxylic acids is 1. The summed E-state index contributed by atoms with van der Waals surface area (Å²) >= 11 is 4.98. The highest BCUT2D eigenvalue weighted by Crippen LogP contribution is 2.25. The Bertz CT molecular complexity index is 255. The largest absolute Gasteiger partial charge is 0.392 e. The lowest BCUT2D eigenvalue weighted by Gasteiger charge is -2.34. The molecule has 3 nitrogen and oxygen atoms in total. The van der Waals surface area contributed by atoms with Gasteiger partial charge in [0.2, 0.25) is 5.91 Å². The van der Waals surface area contributed by atoms with Crippen LogP contribution < -0.4 is 5.73 Å². The first-order chi connectivity index (χ1) is 6.81. The molecule has 2 N–H and O–H groups in total. The highest BCUT2D eigenvalue weighted by Gasteiger charge is 2.37. The Labute approximate surface area is 98.0 Å². The molecule has 1 amide bonds. The van der Waals surface area contributed by atoms with Crippen molar-refractivity contribution in [3.8, 4) is 0 Å². The highest BCUT2D eigenvalue weighted by atomic mass is 32.1. The summed E-state index contributed by atoms with van der Waals surface area (Å²) in [5.41, 5.74) is 4.94. The van der Waals surface area contributed by atoms with E-state index < -0.39 is 5.41 Å². The number of nitrogens with zero attached hydrogens (tertiary/aromatic N) is 1. The summed E-state index contributed by atoms with van der Waals surface area (Å²) in [6, 6.07) is 0.220. The van der Waals surface area contributed by atoms with Gasteiger partial charge in [-0.15, -0.1) is 0 Å². The Kier molecular flexibility index (Phi) is 5.21. The van der Waals surface area contributed by atoms with Crippen molar-refractivity contribution in [1.29, 1.82) is 0 Å². The number of thiocarbonyl (C=S) groups is 1. The van der Waals surface area contributed by atoms with Crippen molar-refractivity contribution in [3.63, 3.8) is 0 Å². The monoisotopic (exact) mass is 230 g/mol. The van der Waals surface area contributed by atoms with Gasteiger partial charge >= 0.3 is 0 Å². The molecular weight excluding hydrogens is 208 g/mol. The van der Waals surface area contributed by atoms with Crippen LogP contribution in [0.4, 0.5) is 0 Å². The van der Waals surface area contributed by atoms with Crippen molar-refractivity contribution in [2.45, 2.75) is 46.6 Å². The van der Waals surface area contributed by atoms with E-state index in [1.54, 1.807) is 4.90 Å². The van der Waals surface area contributed by atoms with Crippen LogP contribution in [-0.2, 0) is 4.79 Å². The van der Waals surface area contributed by atoms with E-state index in [1.165, 1.54) is 0 Å². The van der Waals surface area contributed by atoms with Crippen molar-refractivity contribution in [2.24, 2.45) is 11.1 Å². The molecule has 0 aromatic heterocycles. The van der Waals surface area contributed by atoms with Crippen LogP contribution in [0.15, 0.2) is 0 Å². The van der Waals surface area contributed by atoms with Gasteiger partial charge in [-0.05, 0) is 26.7 Å². The lowest BCUT2D eigenvalue weighted by Crippen LogP contribution is -2.49. The summed E-state index contributed by atoms with van der Waals surface area (Å²) in [7, 11) is 1.81. The van der Waals surface area contributed by atoms with E-state index in [1.807, 2.05) is 27.8 Å². The zero-order valence-corrected chi connectivity index (χ0v) is 11.1. The normalized spacial score (nSPS) is 16.6. The molecule has 0 aliphatic carbocycles. The van der Waals surface area contributed by atoms with Crippen LogP contribution in [0.25, 0.3) is 0 Å². The van der Waals surface area contributed by atoms with E-state index in [9.17, 15) is 4.79 Å². The Morgan fingerprint density at radius 2 is 2.00 bits per heavy atom. The van der Waals surface area contributed by atoms with E-state index in [0.717, 1.165) is 6.42 Å². The second-order valence-electron chi connectivity index (χ2n) is 4.22. The fraction of sp³-hybridized carbons (Fsp3) is 0.818. The number of nitrogens with two attached hydrogens (primary N) is 1. The lowest BCUT2D eigenvalue weighted by atomic mass is 9.85. The fourth-order valence-corrected chi connectivity index (χ4v) is 1.53. The Morgan fingerprint density at radius 3 is 2.27 bits per heavy atom. The number of carbonyl (C=O) groups is 1. The smallest absolute Gasteiger partial charge is 0.235 e. The predicted molar refractivity (Wildman–Crippen MR) is 67.7 cm³/mol. The molecule has 0 aliphatic heterocycles. The second kappa shape index (κ2) is 5.45. The lowest BCUT2D eigenvalue weighted by molar-refractivity contribution is -0.138. The summed E-state index contributed by atoms with van der Waals surface area (Å²) in [6.45, 7) is 7.82. The number of hydrogen-bond donors (Lipinski definition) is 1. The maximum absolute atomic E-state index is 12.2. The van der Waals surface area contributed by atoms with Crippen molar-refractivity contribution in [3.05, 3.63) is 0 Å². The van der Waals surface area contributed by atoms with Gasteiger partial charge < -0.3 is 10.6 Å². The van der Waals surface area contributed by atoms with Gasteiger partial charge in [0, 0.05) is 13.1 Å². The number of rotatable bonds is 5. The molecule has 0 heterocycles. The van der Waals surface area contributed by atoms with Crippen LogP contribution in [0.2, 0.25) is 0 Å². The third kappa shape index (κ3) is 2.91. The summed E-state index contributed by atoms with van der Waals surface area (Å²) < 4.78 is 0. The molecule has 88 valence electrons.